The summed E-state index contributed by atoms with van der Waals surface area (Å²) < 4.78 is 0.970. The van der Waals surface area contributed by atoms with Crippen molar-refractivity contribution in [2.75, 3.05) is 19.9 Å². The van der Waals surface area contributed by atoms with Gasteiger partial charge in [0.2, 0.25) is 0 Å². The molecule has 0 saturated carbocycles. The first-order valence-electron chi connectivity index (χ1n) is 4.52. The number of anilines is 1. The van der Waals surface area contributed by atoms with Crippen molar-refractivity contribution in [3.05, 3.63) is 11.4 Å². The second-order valence-electron chi connectivity index (χ2n) is 3.72. The minimum absolute atomic E-state index is 0.292. The largest absolute Gasteiger partial charge is 0.400 e. The van der Waals surface area contributed by atoms with E-state index in [2.05, 4.69) is 38.7 Å². The van der Waals surface area contributed by atoms with Gasteiger partial charge >= 0.3 is 0 Å². The molecule has 0 atom stereocenters. The summed E-state index contributed by atoms with van der Waals surface area (Å²) in [4.78, 5) is 0. The van der Waals surface area contributed by atoms with Crippen molar-refractivity contribution in [2.45, 2.75) is 30.5 Å². The van der Waals surface area contributed by atoms with Crippen molar-refractivity contribution in [3.8, 4) is 0 Å². The monoisotopic (exact) mass is 250 g/mol. The molecule has 0 aliphatic rings. The Morgan fingerprint density at radius 2 is 1.80 bits per heavy atom. The van der Waals surface area contributed by atoms with Crippen molar-refractivity contribution in [3.63, 3.8) is 0 Å². The minimum Gasteiger partial charge on any atom is -0.400 e. The molecule has 1 aromatic heterocycles. The van der Waals surface area contributed by atoms with E-state index in [4.69, 9.17) is 10.8 Å². The molecular weight excluding hydrogens is 228 g/mol. The molecule has 0 radical (unpaired) electrons. The van der Waals surface area contributed by atoms with E-state index >= 15 is 0 Å². The first-order chi connectivity index (χ1) is 6.85. The van der Waals surface area contributed by atoms with Gasteiger partial charge in [0.1, 0.15) is 0 Å². The average molecular weight is 250 g/mol. The SMILES string of the molecule is CNC(C)(C)C.CO.Nc1csc(S)c1. The van der Waals surface area contributed by atoms with Gasteiger partial charge in [0.05, 0.1) is 4.21 Å². The second-order valence-corrected chi connectivity index (χ2v) is 5.41. The number of thiophene rings is 1. The molecule has 0 bridgehead atoms. The maximum atomic E-state index is 7.00. The third-order valence-corrected chi connectivity index (χ3v) is 2.55. The van der Waals surface area contributed by atoms with Gasteiger partial charge in [0.25, 0.3) is 0 Å². The fraction of sp³-hybridized carbons (Fsp3) is 0.600. The van der Waals surface area contributed by atoms with Gasteiger partial charge in [-0.1, -0.05) is 0 Å². The van der Waals surface area contributed by atoms with Gasteiger partial charge in [-0.3, -0.25) is 0 Å². The molecule has 3 nitrogen and oxygen atoms in total. The summed E-state index contributed by atoms with van der Waals surface area (Å²) in [6.45, 7) is 6.40. The predicted octanol–water partition coefficient (Wildman–Crippen LogP) is 2.23. The first-order valence-corrected chi connectivity index (χ1v) is 5.84. The third kappa shape index (κ3) is 13.8. The van der Waals surface area contributed by atoms with Crippen molar-refractivity contribution < 1.29 is 5.11 Å². The van der Waals surface area contributed by atoms with E-state index in [0.717, 1.165) is 17.0 Å². The van der Waals surface area contributed by atoms with E-state index in [-0.39, 0.29) is 0 Å². The number of hydrogen-bond acceptors (Lipinski definition) is 5. The minimum atomic E-state index is 0.292. The summed E-state index contributed by atoms with van der Waals surface area (Å²) >= 11 is 5.59. The Bertz CT molecular complexity index is 227. The van der Waals surface area contributed by atoms with E-state index in [0.29, 0.717) is 5.54 Å². The van der Waals surface area contributed by atoms with Crippen LogP contribution in [0.25, 0.3) is 0 Å². The Morgan fingerprint density at radius 3 is 1.87 bits per heavy atom. The zero-order valence-electron chi connectivity index (χ0n) is 10.0. The number of nitrogens with two attached hydrogens (primary N) is 1. The molecule has 0 fully saturated rings. The molecule has 0 spiro atoms. The Labute approximate surface area is 102 Å². The lowest BCUT2D eigenvalue weighted by Crippen LogP contribution is -2.31. The highest BCUT2D eigenvalue weighted by atomic mass is 32.2. The molecule has 0 aliphatic carbocycles. The fourth-order valence-corrected chi connectivity index (χ4v) is 1.18. The fourth-order valence-electron chi connectivity index (χ4n) is 0.339. The Balaban J connectivity index is 0. The predicted molar refractivity (Wildman–Crippen MR) is 72.9 cm³/mol. The van der Waals surface area contributed by atoms with Gasteiger partial charge in [-0.15, -0.1) is 24.0 Å². The number of thiol groups is 1. The molecule has 0 unspecified atom stereocenters. The van der Waals surface area contributed by atoms with E-state index < -0.39 is 0 Å². The Hall–Kier alpha value is -0.230. The molecule has 0 aromatic carbocycles. The van der Waals surface area contributed by atoms with Crippen LogP contribution < -0.4 is 11.1 Å². The Kier molecular flexibility index (Phi) is 10.3. The number of rotatable bonds is 0. The van der Waals surface area contributed by atoms with E-state index in [9.17, 15) is 0 Å². The number of aliphatic hydroxyl groups is 1. The quantitative estimate of drug-likeness (QED) is 0.534. The molecule has 15 heavy (non-hydrogen) atoms. The van der Waals surface area contributed by atoms with E-state index in [1.807, 2.05) is 18.5 Å². The van der Waals surface area contributed by atoms with Gasteiger partial charge < -0.3 is 16.2 Å². The zero-order valence-corrected chi connectivity index (χ0v) is 11.7. The lowest BCUT2D eigenvalue weighted by atomic mass is 10.1. The molecule has 1 heterocycles. The maximum absolute atomic E-state index is 7.00. The lowest BCUT2D eigenvalue weighted by Gasteiger charge is -2.15. The van der Waals surface area contributed by atoms with Crippen molar-refractivity contribution in [2.24, 2.45) is 0 Å². The summed E-state index contributed by atoms with van der Waals surface area (Å²) in [7, 11) is 2.96. The average Bonchev–Trinajstić information content (AvgIpc) is 2.53. The highest BCUT2D eigenvalue weighted by molar-refractivity contribution is 7.82. The molecule has 1 rings (SSSR count). The summed E-state index contributed by atoms with van der Waals surface area (Å²) in [5.41, 5.74) is 6.43. The van der Waals surface area contributed by atoms with E-state index in [1.54, 1.807) is 11.3 Å². The molecule has 0 amide bonds. The van der Waals surface area contributed by atoms with Crippen LogP contribution in [-0.2, 0) is 0 Å². The number of hydrogen-bond donors (Lipinski definition) is 4. The standard InChI is InChI=1S/C5H13N.C4H5NS2.CH4O/c1-5(2,3)6-4;5-3-1-4(6)7-2-3;1-2/h6H,1-4H3;1-2,6H,5H2;2H,1H3. The van der Waals surface area contributed by atoms with Gasteiger partial charge in [0, 0.05) is 23.7 Å². The van der Waals surface area contributed by atoms with Gasteiger partial charge in [-0.2, -0.15) is 0 Å². The Morgan fingerprint density at radius 1 is 1.40 bits per heavy atom. The maximum Gasteiger partial charge on any atom is 0.0589 e. The van der Waals surface area contributed by atoms with Crippen molar-refractivity contribution >= 4 is 29.7 Å². The van der Waals surface area contributed by atoms with Gasteiger partial charge in [-0.05, 0) is 33.9 Å². The second kappa shape index (κ2) is 9.03. The number of nitrogen functional groups attached to an aromatic ring is 1. The van der Waals surface area contributed by atoms with Crippen LogP contribution in [0.2, 0.25) is 0 Å². The lowest BCUT2D eigenvalue weighted by molar-refractivity contribution is 0.399. The zero-order chi connectivity index (χ0) is 12.5. The summed E-state index contributed by atoms with van der Waals surface area (Å²) in [5.74, 6) is 0. The van der Waals surface area contributed by atoms with Crippen LogP contribution in [0.4, 0.5) is 5.69 Å². The highest BCUT2D eigenvalue weighted by Crippen LogP contribution is 2.18. The van der Waals surface area contributed by atoms with Gasteiger partial charge in [0.15, 0.2) is 0 Å². The molecule has 90 valence electrons. The van der Waals surface area contributed by atoms with Crippen LogP contribution in [0.5, 0.6) is 0 Å². The molecule has 4 N–H and O–H groups in total. The molecule has 0 aliphatic heterocycles. The smallest absolute Gasteiger partial charge is 0.0589 e. The van der Waals surface area contributed by atoms with Crippen LogP contribution in [0.3, 0.4) is 0 Å². The molecule has 5 heteroatoms. The summed E-state index contributed by atoms with van der Waals surface area (Å²) in [6, 6.07) is 1.83. The van der Waals surface area contributed by atoms with Gasteiger partial charge in [-0.25, -0.2) is 0 Å². The first kappa shape index (κ1) is 17.2. The summed E-state index contributed by atoms with van der Waals surface area (Å²) in [6.07, 6.45) is 0. The van der Waals surface area contributed by atoms with Crippen molar-refractivity contribution in [1.82, 2.24) is 5.32 Å². The van der Waals surface area contributed by atoms with Crippen LogP contribution in [0.1, 0.15) is 20.8 Å². The van der Waals surface area contributed by atoms with Crippen LogP contribution in [0.15, 0.2) is 15.7 Å². The number of aliphatic hydroxyl groups excluding tert-OH is 1. The van der Waals surface area contributed by atoms with Crippen LogP contribution in [0, 0.1) is 0 Å². The molecule has 1 aromatic rings. The van der Waals surface area contributed by atoms with Crippen LogP contribution in [-0.4, -0.2) is 24.8 Å². The number of nitrogens with one attached hydrogen (secondary N) is 1. The van der Waals surface area contributed by atoms with E-state index in [1.165, 1.54) is 0 Å². The molecular formula is C10H22N2OS2. The highest BCUT2D eigenvalue weighted by Gasteiger charge is 2.01. The molecule has 0 saturated heterocycles. The normalized spacial score (nSPS) is 9.53. The van der Waals surface area contributed by atoms with Crippen molar-refractivity contribution in [1.29, 1.82) is 0 Å². The third-order valence-electron chi connectivity index (χ3n) is 1.36. The topological polar surface area (TPSA) is 58.3 Å². The van der Waals surface area contributed by atoms with Crippen LogP contribution >= 0.6 is 24.0 Å². The summed E-state index contributed by atoms with van der Waals surface area (Å²) in [5, 5.41) is 12.0.